The minimum absolute atomic E-state index is 0.0972. The normalized spacial score (nSPS) is 15.8. The Morgan fingerprint density at radius 1 is 1.16 bits per heavy atom. The SMILES string of the molecule is Cc1nc(C(=O)N2CCN(CC(C)C)CC2)nn1-c1ccc(Cl)cc1. The molecule has 134 valence electrons. The molecule has 0 spiro atoms. The van der Waals surface area contributed by atoms with E-state index in [-0.39, 0.29) is 11.7 Å². The third-order valence-electron chi connectivity index (χ3n) is 4.31. The molecular weight excluding hydrogens is 338 g/mol. The first-order valence-corrected chi connectivity index (χ1v) is 9.03. The molecule has 0 saturated carbocycles. The summed E-state index contributed by atoms with van der Waals surface area (Å²) in [6.45, 7) is 10.6. The summed E-state index contributed by atoms with van der Waals surface area (Å²) in [5.74, 6) is 1.48. The van der Waals surface area contributed by atoms with Crippen molar-refractivity contribution in [1.29, 1.82) is 0 Å². The van der Waals surface area contributed by atoms with Gasteiger partial charge in [0.15, 0.2) is 0 Å². The second-order valence-electron chi connectivity index (χ2n) is 6.86. The molecule has 1 saturated heterocycles. The van der Waals surface area contributed by atoms with Crippen molar-refractivity contribution in [3.8, 4) is 5.69 Å². The predicted molar refractivity (Wildman–Crippen MR) is 98.3 cm³/mol. The van der Waals surface area contributed by atoms with Gasteiger partial charge in [-0.05, 0) is 37.1 Å². The summed E-state index contributed by atoms with van der Waals surface area (Å²) < 4.78 is 1.68. The Morgan fingerprint density at radius 3 is 2.40 bits per heavy atom. The largest absolute Gasteiger partial charge is 0.333 e. The van der Waals surface area contributed by atoms with Gasteiger partial charge in [0.2, 0.25) is 5.82 Å². The molecule has 2 aromatic rings. The predicted octanol–water partition coefficient (Wildman–Crippen LogP) is 2.64. The number of aromatic nitrogens is 3. The van der Waals surface area contributed by atoms with Gasteiger partial charge in [0.1, 0.15) is 5.82 Å². The van der Waals surface area contributed by atoms with E-state index in [1.807, 2.05) is 24.0 Å². The van der Waals surface area contributed by atoms with E-state index in [4.69, 9.17) is 11.6 Å². The molecule has 0 bridgehead atoms. The van der Waals surface area contributed by atoms with Gasteiger partial charge in [0, 0.05) is 37.7 Å². The van der Waals surface area contributed by atoms with E-state index in [0.717, 1.165) is 38.4 Å². The molecule has 1 aromatic carbocycles. The van der Waals surface area contributed by atoms with Crippen LogP contribution >= 0.6 is 11.6 Å². The summed E-state index contributed by atoms with van der Waals surface area (Å²) in [5, 5.41) is 5.07. The Bertz CT molecular complexity index is 732. The van der Waals surface area contributed by atoms with Crippen LogP contribution < -0.4 is 0 Å². The van der Waals surface area contributed by atoms with Crippen LogP contribution in [0.15, 0.2) is 24.3 Å². The quantitative estimate of drug-likeness (QED) is 0.840. The van der Waals surface area contributed by atoms with E-state index in [1.165, 1.54) is 0 Å². The van der Waals surface area contributed by atoms with Crippen molar-refractivity contribution in [3.05, 3.63) is 40.9 Å². The van der Waals surface area contributed by atoms with E-state index in [0.29, 0.717) is 16.8 Å². The van der Waals surface area contributed by atoms with E-state index < -0.39 is 0 Å². The standard InChI is InChI=1S/C18H24ClN5O/c1-13(2)12-22-8-10-23(11-9-22)18(25)17-20-14(3)24(21-17)16-6-4-15(19)5-7-16/h4-7,13H,8-12H2,1-3H3. The molecule has 0 atom stereocenters. The lowest BCUT2D eigenvalue weighted by molar-refractivity contribution is 0.0612. The summed E-state index contributed by atoms with van der Waals surface area (Å²) in [6, 6.07) is 7.33. The summed E-state index contributed by atoms with van der Waals surface area (Å²) >= 11 is 5.93. The van der Waals surface area contributed by atoms with Crippen molar-refractivity contribution in [3.63, 3.8) is 0 Å². The molecule has 2 heterocycles. The highest BCUT2D eigenvalue weighted by Crippen LogP contribution is 2.15. The number of carbonyl (C=O) groups is 1. The van der Waals surface area contributed by atoms with Crippen molar-refractivity contribution < 1.29 is 4.79 Å². The van der Waals surface area contributed by atoms with Gasteiger partial charge in [-0.3, -0.25) is 9.69 Å². The van der Waals surface area contributed by atoms with E-state index >= 15 is 0 Å². The first-order chi connectivity index (χ1) is 11.9. The molecule has 7 heteroatoms. The number of carbonyl (C=O) groups excluding carboxylic acids is 1. The Balaban J connectivity index is 1.69. The van der Waals surface area contributed by atoms with Gasteiger partial charge >= 0.3 is 0 Å². The summed E-state index contributed by atoms with van der Waals surface area (Å²) in [6.07, 6.45) is 0. The maximum atomic E-state index is 12.7. The van der Waals surface area contributed by atoms with Crippen LogP contribution in [0, 0.1) is 12.8 Å². The van der Waals surface area contributed by atoms with Crippen molar-refractivity contribution >= 4 is 17.5 Å². The molecule has 1 amide bonds. The zero-order chi connectivity index (χ0) is 18.0. The van der Waals surface area contributed by atoms with Crippen LogP contribution in [-0.4, -0.2) is 63.2 Å². The fourth-order valence-electron chi connectivity index (χ4n) is 3.10. The lowest BCUT2D eigenvalue weighted by atomic mass is 10.2. The molecule has 1 fully saturated rings. The third-order valence-corrected chi connectivity index (χ3v) is 4.57. The molecule has 0 unspecified atom stereocenters. The zero-order valence-electron chi connectivity index (χ0n) is 14.9. The van der Waals surface area contributed by atoms with Gasteiger partial charge in [-0.25, -0.2) is 9.67 Å². The highest BCUT2D eigenvalue weighted by molar-refractivity contribution is 6.30. The number of rotatable bonds is 4. The van der Waals surface area contributed by atoms with Crippen molar-refractivity contribution in [2.75, 3.05) is 32.7 Å². The molecule has 1 aromatic heterocycles. The molecule has 0 aliphatic carbocycles. The minimum Gasteiger partial charge on any atom is -0.333 e. The average molecular weight is 362 g/mol. The van der Waals surface area contributed by atoms with E-state index in [2.05, 4.69) is 28.8 Å². The average Bonchev–Trinajstić information content (AvgIpc) is 2.97. The second-order valence-corrected chi connectivity index (χ2v) is 7.29. The monoisotopic (exact) mass is 361 g/mol. The first-order valence-electron chi connectivity index (χ1n) is 8.65. The van der Waals surface area contributed by atoms with Crippen LogP contribution in [0.1, 0.15) is 30.3 Å². The lowest BCUT2D eigenvalue weighted by Gasteiger charge is -2.34. The van der Waals surface area contributed by atoms with Crippen LogP contribution in [0.3, 0.4) is 0 Å². The van der Waals surface area contributed by atoms with Crippen LogP contribution in [0.5, 0.6) is 0 Å². The first kappa shape index (κ1) is 17.9. The summed E-state index contributed by atoms with van der Waals surface area (Å²) in [5.41, 5.74) is 0.843. The Kier molecular flexibility index (Phi) is 5.39. The smallest absolute Gasteiger partial charge is 0.293 e. The van der Waals surface area contributed by atoms with Gasteiger partial charge in [-0.2, -0.15) is 0 Å². The molecule has 0 N–H and O–H groups in total. The highest BCUT2D eigenvalue weighted by atomic mass is 35.5. The Hall–Kier alpha value is -1.92. The molecular formula is C18H24ClN5O. The number of hydrogen-bond acceptors (Lipinski definition) is 4. The van der Waals surface area contributed by atoms with Gasteiger partial charge in [-0.15, -0.1) is 5.10 Å². The second kappa shape index (κ2) is 7.54. The highest BCUT2D eigenvalue weighted by Gasteiger charge is 2.25. The van der Waals surface area contributed by atoms with Crippen molar-refractivity contribution in [1.82, 2.24) is 24.6 Å². The molecule has 0 radical (unpaired) electrons. The fourth-order valence-corrected chi connectivity index (χ4v) is 3.22. The zero-order valence-corrected chi connectivity index (χ0v) is 15.7. The van der Waals surface area contributed by atoms with E-state index in [1.54, 1.807) is 16.8 Å². The fraction of sp³-hybridized carbons (Fsp3) is 0.500. The summed E-state index contributed by atoms with van der Waals surface area (Å²) in [7, 11) is 0. The molecule has 1 aliphatic heterocycles. The maximum absolute atomic E-state index is 12.7. The number of amides is 1. The topological polar surface area (TPSA) is 54.3 Å². The summed E-state index contributed by atoms with van der Waals surface area (Å²) in [4.78, 5) is 21.3. The van der Waals surface area contributed by atoms with Crippen LogP contribution in [0.25, 0.3) is 5.69 Å². The van der Waals surface area contributed by atoms with Gasteiger partial charge in [0.25, 0.3) is 5.91 Å². The lowest BCUT2D eigenvalue weighted by Crippen LogP contribution is -2.49. The molecule has 6 nitrogen and oxygen atoms in total. The molecule has 1 aliphatic rings. The van der Waals surface area contributed by atoms with Gasteiger partial charge in [-0.1, -0.05) is 25.4 Å². The maximum Gasteiger partial charge on any atom is 0.293 e. The Labute approximate surface area is 153 Å². The van der Waals surface area contributed by atoms with E-state index in [9.17, 15) is 4.79 Å². The van der Waals surface area contributed by atoms with Crippen LogP contribution in [0.2, 0.25) is 5.02 Å². The number of nitrogens with zero attached hydrogens (tertiary/aromatic N) is 5. The van der Waals surface area contributed by atoms with Gasteiger partial charge in [0.05, 0.1) is 5.69 Å². The molecule has 3 rings (SSSR count). The number of benzene rings is 1. The number of piperazine rings is 1. The van der Waals surface area contributed by atoms with Crippen LogP contribution in [-0.2, 0) is 0 Å². The van der Waals surface area contributed by atoms with Gasteiger partial charge < -0.3 is 4.90 Å². The third kappa shape index (κ3) is 4.19. The minimum atomic E-state index is -0.0972. The number of hydrogen-bond donors (Lipinski definition) is 0. The van der Waals surface area contributed by atoms with Crippen molar-refractivity contribution in [2.45, 2.75) is 20.8 Å². The number of aryl methyl sites for hydroxylation is 1. The Morgan fingerprint density at radius 2 is 1.80 bits per heavy atom. The van der Waals surface area contributed by atoms with Crippen molar-refractivity contribution in [2.24, 2.45) is 5.92 Å². The molecule has 25 heavy (non-hydrogen) atoms. The number of halogens is 1. The van der Waals surface area contributed by atoms with Crippen LogP contribution in [0.4, 0.5) is 0 Å².